The zero-order chi connectivity index (χ0) is 23.6. The molecule has 4 rings (SSSR count). The van der Waals surface area contributed by atoms with E-state index in [-0.39, 0.29) is 13.1 Å². The molecule has 0 aliphatic carbocycles. The Morgan fingerprint density at radius 3 is 2.55 bits per heavy atom. The molecule has 0 amide bonds. The summed E-state index contributed by atoms with van der Waals surface area (Å²) in [6.45, 7) is 0.0583. The smallest absolute Gasteiger partial charge is 0.368 e. The number of hydrogen-bond acceptors (Lipinski definition) is 6. The quantitative estimate of drug-likeness (QED) is 0.323. The Morgan fingerprint density at radius 2 is 1.82 bits per heavy atom. The van der Waals surface area contributed by atoms with Crippen LogP contribution in [0.2, 0.25) is 5.02 Å². The van der Waals surface area contributed by atoms with Gasteiger partial charge >= 0.3 is 6.18 Å². The van der Waals surface area contributed by atoms with Crippen LogP contribution in [0.4, 0.5) is 19.0 Å². The van der Waals surface area contributed by atoms with Gasteiger partial charge in [0.25, 0.3) is 0 Å². The summed E-state index contributed by atoms with van der Waals surface area (Å²) in [7, 11) is -4.13. The van der Waals surface area contributed by atoms with E-state index in [1.807, 2.05) is 17.5 Å². The fourth-order valence-corrected chi connectivity index (χ4v) is 4.94. The molecule has 2 aromatic carbocycles. The van der Waals surface area contributed by atoms with Crippen LogP contribution in [0.1, 0.15) is 5.56 Å². The van der Waals surface area contributed by atoms with E-state index in [2.05, 4.69) is 20.0 Å². The van der Waals surface area contributed by atoms with Gasteiger partial charge in [-0.25, -0.2) is 23.1 Å². The van der Waals surface area contributed by atoms with E-state index < -0.39 is 26.7 Å². The lowest BCUT2D eigenvalue weighted by Gasteiger charge is -2.12. The first kappa shape index (κ1) is 23.4. The first-order valence-corrected chi connectivity index (χ1v) is 12.3. The molecule has 6 nitrogen and oxygen atoms in total. The van der Waals surface area contributed by atoms with Gasteiger partial charge in [-0.15, -0.1) is 11.3 Å². The van der Waals surface area contributed by atoms with E-state index in [4.69, 9.17) is 11.6 Å². The summed E-state index contributed by atoms with van der Waals surface area (Å²) in [5.41, 5.74) is -0.413. The lowest BCUT2D eigenvalue weighted by atomic mass is 10.2. The standard InChI is InChI=1S/C21H16ClF3N4O2S2/c22-14-6-7-16-17(12-14)28-20(18-5-2-10-32-18)29-19(16)26-8-9-27-33(30,31)15-4-1-3-13(11-15)21(23,24)25/h1-7,10-12,27H,8-9H2,(H,26,28,29). The van der Waals surface area contributed by atoms with E-state index in [9.17, 15) is 21.6 Å². The predicted octanol–water partition coefficient (Wildman–Crippen LogP) is 5.42. The topological polar surface area (TPSA) is 84.0 Å². The molecule has 0 spiro atoms. The van der Waals surface area contributed by atoms with Crippen molar-refractivity contribution < 1.29 is 21.6 Å². The molecule has 4 aromatic rings. The summed E-state index contributed by atoms with van der Waals surface area (Å²) >= 11 is 7.57. The van der Waals surface area contributed by atoms with Gasteiger partial charge in [0.2, 0.25) is 10.0 Å². The normalized spacial score (nSPS) is 12.2. The van der Waals surface area contributed by atoms with Gasteiger partial charge in [0.05, 0.1) is 20.9 Å². The Labute approximate surface area is 196 Å². The van der Waals surface area contributed by atoms with Gasteiger partial charge in [-0.05, 0) is 47.8 Å². The average Bonchev–Trinajstić information content (AvgIpc) is 3.31. The number of hydrogen-bond donors (Lipinski definition) is 2. The number of anilines is 1. The highest BCUT2D eigenvalue weighted by atomic mass is 35.5. The summed E-state index contributed by atoms with van der Waals surface area (Å²) in [5, 5.41) is 6.18. The predicted molar refractivity (Wildman–Crippen MR) is 123 cm³/mol. The van der Waals surface area contributed by atoms with Crippen molar-refractivity contribution in [2.24, 2.45) is 0 Å². The second-order valence-electron chi connectivity index (χ2n) is 6.88. The number of aromatic nitrogens is 2. The Balaban J connectivity index is 1.50. The number of fused-ring (bicyclic) bond motifs is 1. The van der Waals surface area contributed by atoms with Crippen molar-refractivity contribution in [3.63, 3.8) is 0 Å². The van der Waals surface area contributed by atoms with E-state index in [0.717, 1.165) is 23.1 Å². The van der Waals surface area contributed by atoms with Gasteiger partial charge in [0.1, 0.15) is 5.82 Å². The molecule has 0 radical (unpaired) electrons. The van der Waals surface area contributed by atoms with Crippen molar-refractivity contribution in [1.82, 2.24) is 14.7 Å². The van der Waals surface area contributed by atoms with Crippen molar-refractivity contribution in [3.05, 3.63) is 70.6 Å². The monoisotopic (exact) mass is 512 g/mol. The molecule has 0 aliphatic rings. The second-order valence-corrected chi connectivity index (χ2v) is 10.0. The number of benzene rings is 2. The molecule has 0 aliphatic heterocycles. The van der Waals surface area contributed by atoms with Crippen molar-refractivity contribution in [3.8, 4) is 10.7 Å². The van der Waals surface area contributed by atoms with Gasteiger partial charge in [-0.3, -0.25) is 0 Å². The molecule has 12 heteroatoms. The Morgan fingerprint density at radius 1 is 1.00 bits per heavy atom. The van der Waals surface area contributed by atoms with Gasteiger partial charge in [0.15, 0.2) is 5.82 Å². The first-order chi connectivity index (χ1) is 15.6. The number of sulfonamides is 1. The third-order valence-corrected chi connectivity index (χ3v) is 7.14. The molecular formula is C21H16ClF3N4O2S2. The summed E-state index contributed by atoms with van der Waals surface area (Å²) in [6.07, 6.45) is -4.63. The summed E-state index contributed by atoms with van der Waals surface area (Å²) < 4.78 is 65.9. The molecule has 0 unspecified atom stereocenters. The van der Waals surface area contributed by atoms with Gasteiger partial charge in [-0.2, -0.15) is 13.2 Å². The molecule has 172 valence electrons. The number of nitrogens with one attached hydrogen (secondary N) is 2. The largest absolute Gasteiger partial charge is 0.416 e. The SMILES string of the molecule is O=S(=O)(NCCNc1nc(-c2cccs2)nc2cc(Cl)ccc12)c1cccc(C(F)(F)F)c1. The van der Waals surface area contributed by atoms with Gasteiger partial charge < -0.3 is 5.32 Å². The van der Waals surface area contributed by atoms with E-state index in [1.54, 1.807) is 18.2 Å². The van der Waals surface area contributed by atoms with Crippen LogP contribution in [0.15, 0.2) is 64.9 Å². The third kappa shape index (κ3) is 5.44. The van der Waals surface area contributed by atoms with Crippen LogP contribution < -0.4 is 10.0 Å². The Bertz CT molecular complexity index is 1390. The molecule has 2 aromatic heterocycles. The van der Waals surface area contributed by atoms with Crippen LogP contribution in [0.25, 0.3) is 21.6 Å². The van der Waals surface area contributed by atoms with Crippen molar-refractivity contribution in [1.29, 1.82) is 0 Å². The van der Waals surface area contributed by atoms with Crippen molar-refractivity contribution in [2.75, 3.05) is 18.4 Å². The minimum atomic E-state index is -4.63. The van der Waals surface area contributed by atoms with Gasteiger partial charge in [0, 0.05) is 23.5 Å². The molecule has 2 heterocycles. The molecule has 0 fully saturated rings. The zero-order valence-electron chi connectivity index (χ0n) is 16.7. The fourth-order valence-electron chi connectivity index (χ4n) is 3.04. The minimum Gasteiger partial charge on any atom is -0.368 e. The highest BCUT2D eigenvalue weighted by molar-refractivity contribution is 7.89. The molecule has 33 heavy (non-hydrogen) atoms. The first-order valence-electron chi connectivity index (χ1n) is 9.55. The van der Waals surface area contributed by atoms with E-state index >= 15 is 0 Å². The van der Waals surface area contributed by atoms with Gasteiger partial charge in [-0.1, -0.05) is 23.7 Å². The maximum atomic E-state index is 12.9. The van der Waals surface area contributed by atoms with Crippen LogP contribution in [-0.2, 0) is 16.2 Å². The molecule has 0 saturated heterocycles. The Kier molecular flexibility index (Phi) is 6.57. The third-order valence-electron chi connectivity index (χ3n) is 4.58. The highest BCUT2D eigenvalue weighted by Gasteiger charge is 2.31. The molecule has 2 N–H and O–H groups in total. The van der Waals surface area contributed by atoms with Crippen LogP contribution in [0.3, 0.4) is 0 Å². The average molecular weight is 513 g/mol. The van der Waals surface area contributed by atoms with E-state index in [1.165, 1.54) is 11.3 Å². The summed E-state index contributed by atoms with van der Waals surface area (Å²) in [4.78, 5) is 9.49. The van der Waals surface area contributed by atoms with Crippen molar-refractivity contribution in [2.45, 2.75) is 11.1 Å². The fraction of sp³-hybridized carbons (Fsp3) is 0.143. The lowest BCUT2D eigenvalue weighted by molar-refractivity contribution is -0.137. The number of rotatable bonds is 7. The minimum absolute atomic E-state index is 0.0774. The van der Waals surface area contributed by atoms with Crippen molar-refractivity contribution >= 4 is 49.7 Å². The maximum absolute atomic E-state index is 12.9. The van der Waals surface area contributed by atoms with Crippen LogP contribution in [0, 0.1) is 0 Å². The zero-order valence-corrected chi connectivity index (χ0v) is 19.1. The number of nitrogens with zero attached hydrogens (tertiary/aromatic N) is 2. The van der Waals surface area contributed by atoms with Crippen LogP contribution >= 0.6 is 22.9 Å². The molecule has 0 bridgehead atoms. The molecule has 0 atom stereocenters. The number of halogens is 4. The Hall–Kier alpha value is -2.73. The molecular weight excluding hydrogens is 497 g/mol. The van der Waals surface area contributed by atoms with E-state index in [0.29, 0.717) is 33.6 Å². The lowest BCUT2D eigenvalue weighted by Crippen LogP contribution is -2.29. The highest BCUT2D eigenvalue weighted by Crippen LogP contribution is 2.31. The molecule has 0 saturated carbocycles. The van der Waals surface area contributed by atoms with Crippen LogP contribution in [0.5, 0.6) is 0 Å². The summed E-state index contributed by atoms with van der Waals surface area (Å²) in [5.74, 6) is 0.977. The number of thiophene rings is 1. The summed E-state index contributed by atoms with van der Waals surface area (Å²) in [6, 6.07) is 12.5. The number of alkyl halides is 3. The maximum Gasteiger partial charge on any atom is 0.416 e. The van der Waals surface area contributed by atoms with Crippen LogP contribution in [-0.4, -0.2) is 31.5 Å². The second kappa shape index (κ2) is 9.26.